The van der Waals surface area contributed by atoms with E-state index in [9.17, 15) is 5.11 Å². The first-order chi connectivity index (χ1) is 10.9. The molecule has 2 aromatic carbocycles. The highest BCUT2D eigenvalue weighted by Gasteiger charge is 2.06. The first-order valence-electron chi connectivity index (χ1n) is 7.19. The highest BCUT2D eigenvalue weighted by molar-refractivity contribution is 5.64. The van der Waals surface area contributed by atoms with Crippen molar-refractivity contribution in [1.82, 2.24) is 4.98 Å². The Labute approximate surface area is 129 Å². The van der Waals surface area contributed by atoms with Crippen molar-refractivity contribution in [3.8, 4) is 17.0 Å². The molecule has 22 heavy (non-hydrogen) atoms. The van der Waals surface area contributed by atoms with Gasteiger partial charge in [-0.05, 0) is 23.8 Å². The van der Waals surface area contributed by atoms with E-state index in [4.69, 9.17) is 4.74 Å². The van der Waals surface area contributed by atoms with E-state index in [1.807, 2.05) is 66.7 Å². The van der Waals surface area contributed by atoms with Crippen molar-refractivity contribution in [3.63, 3.8) is 0 Å². The van der Waals surface area contributed by atoms with Crippen LogP contribution >= 0.6 is 0 Å². The Morgan fingerprint density at radius 2 is 1.77 bits per heavy atom. The zero-order chi connectivity index (χ0) is 15.2. The average Bonchev–Trinajstić information content (AvgIpc) is 2.61. The number of ether oxygens (including phenoxy) is 1. The quantitative estimate of drug-likeness (QED) is 0.777. The SMILES string of the molecule is OCc1cccnc1-c1cccc(OCc2ccccc2)c1. The molecule has 0 spiro atoms. The molecule has 0 fully saturated rings. The summed E-state index contributed by atoms with van der Waals surface area (Å²) in [5.74, 6) is 0.788. The second kappa shape index (κ2) is 6.87. The fourth-order valence-corrected chi connectivity index (χ4v) is 2.30. The van der Waals surface area contributed by atoms with Crippen molar-refractivity contribution in [2.75, 3.05) is 0 Å². The maximum Gasteiger partial charge on any atom is 0.120 e. The summed E-state index contributed by atoms with van der Waals surface area (Å²) in [6.07, 6.45) is 1.73. The van der Waals surface area contributed by atoms with E-state index in [-0.39, 0.29) is 6.61 Å². The normalized spacial score (nSPS) is 10.4. The van der Waals surface area contributed by atoms with E-state index >= 15 is 0 Å². The molecule has 0 saturated carbocycles. The maximum absolute atomic E-state index is 9.43. The number of nitrogens with zero attached hydrogens (tertiary/aromatic N) is 1. The molecule has 110 valence electrons. The molecule has 0 atom stereocenters. The van der Waals surface area contributed by atoms with Gasteiger partial charge in [0, 0.05) is 17.3 Å². The molecule has 0 saturated heterocycles. The summed E-state index contributed by atoms with van der Waals surface area (Å²) in [5, 5.41) is 9.43. The lowest BCUT2D eigenvalue weighted by Gasteiger charge is -2.10. The van der Waals surface area contributed by atoms with Crippen molar-refractivity contribution >= 4 is 0 Å². The fraction of sp³-hybridized carbons (Fsp3) is 0.105. The molecule has 1 heterocycles. The molecule has 3 aromatic rings. The predicted molar refractivity (Wildman–Crippen MR) is 86.4 cm³/mol. The van der Waals surface area contributed by atoms with E-state index in [0.29, 0.717) is 6.61 Å². The Morgan fingerprint density at radius 1 is 0.909 bits per heavy atom. The van der Waals surface area contributed by atoms with Gasteiger partial charge in [-0.25, -0.2) is 0 Å². The summed E-state index contributed by atoms with van der Waals surface area (Å²) in [6.45, 7) is 0.498. The largest absolute Gasteiger partial charge is 0.489 e. The summed E-state index contributed by atoms with van der Waals surface area (Å²) in [4.78, 5) is 4.36. The van der Waals surface area contributed by atoms with Gasteiger partial charge in [0.2, 0.25) is 0 Å². The van der Waals surface area contributed by atoms with Crippen LogP contribution in [0, 0.1) is 0 Å². The van der Waals surface area contributed by atoms with Crippen molar-refractivity contribution < 1.29 is 9.84 Å². The lowest BCUT2D eigenvalue weighted by molar-refractivity contribution is 0.282. The summed E-state index contributed by atoms with van der Waals surface area (Å²) in [5.41, 5.74) is 3.66. The molecule has 0 aliphatic rings. The number of aromatic nitrogens is 1. The van der Waals surface area contributed by atoms with Gasteiger partial charge in [0.25, 0.3) is 0 Å². The van der Waals surface area contributed by atoms with Crippen LogP contribution in [0.1, 0.15) is 11.1 Å². The van der Waals surface area contributed by atoms with Crippen molar-refractivity contribution in [3.05, 3.63) is 84.1 Å². The Hall–Kier alpha value is -2.65. The summed E-state index contributed by atoms with van der Waals surface area (Å²) < 4.78 is 5.84. The number of benzene rings is 2. The zero-order valence-corrected chi connectivity index (χ0v) is 12.1. The van der Waals surface area contributed by atoms with Gasteiger partial charge in [0.1, 0.15) is 12.4 Å². The van der Waals surface area contributed by atoms with E-state index in [1.54, 1.807) is 6.20 Å². The molecule has 0 aliphatic carbocycles. The molecule has 0 bridgehead atoms. The summed E-state index contributed by atoms with van der Waals surface area (Å²) in [6, 6.07) is 21.5. The van der Waals surface area contributed by atoms with Gasteiger partial charge < -0.3 is 9.84 Å². The highest BCUT2D eigenvalue weighted by Crippen LogP contribution is 2.25. The summed E-state index contributed by atoms with van der Waals surface area (Å²) in [7, 11) is 0. The molecule has 3 rings (SSSR count). The number of hydrogen-bond acceptors (Lipinski definition) is 3. The average molecular weight is 291 g/mol. The van der Waals surface area contributed by atoms with Crippen molar-refractivity contribution in [1.29, 1.82) is 0 Å². The van der Waals surface area contributed by atoms with Gasteiger partial charge in [-0.3, -0.25) is 4.98 Å². The van der Waals surface area contributed by atoms with Crippen molar-refractivity contribution in [2.45, 2.75) is 13.2 Å². The molecule has 0 radical (unpaired) electrons. The topological polar surface area (TPSA) is 42.4 Å². The number of pyridine rings is 1. The lowest BCUT2D eigenvalue weighted by Crippen LogP contribution is -1.96. The maximum atomic E-state index is 9.43. The van der Waals surface area contributed by atoms with Gasteiger partial charge in [-0.15, -0.1) is 0 Å². The van der Waals surface area contributed by atoms with Crippen molar-refractivity contribution in [2.24, 2.45) is 0 Å². The van der Waals surface area contributed by atoms with Gasteiger partial charge in [0.15, 0.2) is 0 Å². The minimum Gasteiger partial charge on any atom is -0.489 e. The molecule has 0 aliphatic heterocycles. The third-order valence-corrected chi connectivity index (χ3v) is 3.42. The Morgan fingerprint density at radius 3 is 2.59 bits per heavy atom. The first-order valence-corrected chi connectivity index (χ1v) is 7.19. The van der Waals surface area contributed by atoms with E-state index in [0.717, 1.165) is 28.1 Å². The summed E-state index contributed by atoms with van der Waals surface area (Å²) >= 11 is 0. The van der Waals surface area contributed by atoms with Crippen LogP contribution in [-0.4, -0.2) is 10.1 Å². The van der Waals surface area contributed by atoms with Gasteiger partial charge >= 0.3 is 0 Å². The lowest BCUT2D eigenvalue weighted by atomic mass is 10.1. The Bertz CT molecular complexity index is 741. The minimum atomic E-state index is -0.0295. The highest BCUT2D eigenvalue weighted by atomic mass is 16.5. The van der Waals surface area contributed by atoms with Gasteiger partial charge in [-0.1, -0.05) is 48.5 Å². The van der Waals surface area contributed by atoms with Crippen LogP contribution in [0.5, 0.6) is 5.75 Å². The zero-order valence-electron chi connectivity index (χ0n) is 12.1. The second-order valence-electron chi connectivity index (χ2n) is 4.97. The molecular weight excluding hydrogens is 274 g/mol. The van der Waals surface area contributed by atoms with Crippen LogP contribution in [0.15, 0.2) is 72.9 Å². The monoisotopic (exact) mass is 291 g/mol. The molecule has 3 nitrogen and oxygen atoms in total. The van der Waals surface area contributed by atoms with Gasteiger partial charge in [0.05, 0.1) is 12.3 Å². The number of rotatable bonds is 5. The van der Waals surface area contributed by atoms with E-state index < -0.39 is 0 Å². The molecular formula is C19H17NO2. The number of aliphatic hydroxyl groups excluding tert-OH is 1. The van der Waals surface area contributed by atoms with Crippen LogP contribution < -0.4 is 4.74 Å². The third kappa shape index (κ3) is 3.32. The van der Waals surface area contributed by atoms with E-state index in [2.05, 4.69) is 4.98 Å². The molecule has 0 unspecified atom stereocenters. The van der Waals surface area contributed by atoms with Crippen LogP contribution in [0.3, 0.4) is 0 Å². The Balaban J connectivity index is 1.81. The first kappa shape index (κ1) is 14.3. The smallest absolute Gasteiger partial charge is 0.120 e. The molecule has 1 aromatic heterocycles. The number of hydrogen-bond donors (Lipinski definition) is 1. The molecule has 3 heteroatoms. The fourth-order valence-electron chi connectivity index (χ4n) is 2.30. The molecule has 0 amide bonds. The predicted octanol–water partition coefficient (Wildman–Crippen LogP) is 3.82. The van der Waals surface area contributed by atoms with Gasteiger partial charge in [-0.2, -0.15) is 0 Å². The third-order valence-electron chi connectivity index (χ3n) is 3.42. The minimum absolute atomic E-state index is 0.0295. The van der Waals surface area contributed by atoms with Crippen LogP contribution in [0.2, 0.25) is 0 Å². The molecule has 1 N–H and O–H groups in total. The van der Waals surface area contributed by atoms with E-state index in [1.165, 1.54) is 0 Å². The standard InChI is InChI=1S/C19H17NO2/c21-13-17-9-5-11-20-19(17)16-8-4-10-18(12-16)22-14-15-6-2-1-3-7-15/h1-12,21H,13-14H2. The second-order valence-corrected chi connectivity index (χ2v) is 4.97. The number of aliphatic hydroxyl groups is 1. The van der Waals surface area contributed by atoms with Crippen LogP contribution in [0.4, 0.5) is 0 Å². The van der Waals surface area contributed by atoms with Crippen LogP contribution in [0.25, 0.3) is 11.3 Å². The van der Waals surface area contributed by atoms with Crippen LogP contribution in [-0.2, 0) is 13.2 Å². The Kier molecular flexibility index (Phi) is 4.47.